The molecule has 0 saturated heterocycles. The van der Waals surface area contributed by atoms with Gasteiger partial charge in [-0.1, -0.05) is 91.0 Å². The minimum atomic E-state index is -3.61. The maximum absolute atomic E-state index is 16.9. The number of alkyl halides is 2. The molecule has 0 bridgehead atoms. The second-order valence-electron chi connectivity index (χ2n) is 6.73. The van der Waals surface area contributed by atoms with E-state index in [2.05, 4.69) is 0 Å². The van der Waals surface area contributed by atoms with Gasteiger partial charge in [-0.2, -0.15) is 0 Å². The lowest BCUT2D eigenvalue weighted by Crippen LogP contribution is -2.47. The van der Waals surface area contributed by atoms with Crippen molar-refractivity contribution in [1.29, 1.82) is 0 Å². The van der Waals surface area contributed by atoms with Crippen molar-refractivity contribution in [1.82, 2.24) is 0 Å². The van der Waals surface area contributed by atoms with E-state index in [9.17, 15) is 4.39 Å². The number of hydrogen-bond donors (Lipinski definition) is 0. The van der Waals surface area contributed by atoms with Crippen LogP contribution in [-0.2, 0) is 11.3 Å². The minimum absolute atomic E-state index is 0.0861. The summed E-state index contributed by atoms with van der Waals surface area (Å²) in [6.07, 6.45) is 0. The van der Waals surface area contributed by atoms with Crippen LogP contribution in [0.15, 0.2) is 108 Å². The molecule has 1 aliphatic carbocycles. The Morgan fingerprint density at radius 1 is 0.483 bits per heavy atom. The van der Waals surface area contributed by atoms with Crippen LogP contribution in [0.4, 0.5) is 22.0 Å². The molecule has 2 atom stereocenters. The molecular formula is C24H15F5. The smallest absolute Gasteiger partial charge is 0.229 e. The highest BCUT2D eigenvalue weighted by atomic mass is 19.2. The molecule has 146 valence electrons. The van der Waals surface area contributed by atoms with Crippen LogP contribution in [-0.4, -0.2) is 0 Å². The van der Waals surface area contributed by atoms with E-state index in [0.717, 1.165) is 12.1 Å². The second-order valence-corrected chi connectivity index (χ2v) is 6.73. The second kappa shape index (κ2) is 6.99. The van der Waals surface area contributed by atoms with Gasteiger partial charge in [-0.15, -0.1) is 0 Å². The SMILES string of the molecule is FC1=C(F)C(F)(c2ccccc2)C(F)(c2ccccc2)C(c2ccccc2)=C1F. The lowest BCUT2D eigenvalue weighted by Gasteiger charge is -2.43. The van der Waals surface area contributed by atoms with Crippen LogP contribution < -0.4 is 0 Å². The van der Waals surface area contributed by atoms with Crippen molar-refractivity contribution in [2.24, 2.45) is 0 Å². The van der Waals surface area contributed by atoms with Gasteiger partial charge in [-0.25, -0.2) is 22.0 Å². The maximum Gasteiger partial charge on any atom is 0.232 e. The van der Waals surface area contributed by atoms with Gasteiger partial charge < -0.3 is 0 Å². The van der Waals surface area contributed by atoms with Crippen LogP contribution in [0.1, 0.15) is 16.7 Å². The van der Waals surface area contributed by atoms with Crippen molar-refractivity contribution in [2.75, 3.05) is 0 Å². The summed E-state index contributed by atoms with van der Waals surface area (Å²) < 4.78 is 78.2. The molecule has 0 radical (unpaired) electrons. The summed E-state index contributed by atoms with van der Waals surface area (Å²) in [6.45, 7) is 0. The van der Waals surface area contributed by atoms with E-state index in [4.69, 9.17) is 0 Å². The van der Waals surface area contributed by atoms with Gasteiger partial charge >= 0.3 is 0 Å². The maximum atomic E-state index is 16.9. The standard InChI is InChI=1S/C24H15F5/c25-20-19(16-10-4-1-5-11-16)23(28,17-12-6-2-7-13-17)24(29,22(27)21(20)26)18-14-8-3-9-15-18/h1-15H. The van der Waals surface area contributed by atoms with Crippen LogP contribution >= 0.6 is 0 Å². The van der Waals surface area contributed by atoms with E-state index in [-0.39, 0.29) is 11.1 Å². The topological polar surface area (TPSA) is 0 Å². The number of allylic oxidation sites excluding steroid dienone is 4. The third kappa shape index (κ3) is 2.64. The number of rotatable bonds is 3. The third-order valence-corrected chi connectivity index (χ3v) is 5.13. The molecule has 4 rings (SSSR count). The highest BCUT2D eigenvalue weighted by Gasteiger charge is 2.66. The lowest BCUT2D eigenvalue weighted by atomic mass is 9.66. The largest absolute Gasteiger partial charge is 0.232 e. The summed E-state index contributed by atoms with van der Waals surface area (Å²) in [7, 11) is 0. The fourth-order valence-electron chi connectivity index (χ4n) is 3.77. The van der Waals surface area contributed by atoms with Crippen LogP contribution in [0.3, 0.4) is 0 Å². The summed E-state index contributed by atoms with van der Waals surface area (Å²) in [6, 6.07) is 20.7. The zero-order valence-corrected chi connectivity index (χ0v) is 15.1. The highest BCUT2D eigenvalue weighted by molar-refractivity contribution is 5.82. The molecule has 0 fully saturated rings. The van der Waals surface area contributed by atoms with Gasteiger partial charge in [0, 0.05) is 11.1 Å². The summed E-state index contributed by atoms with van der Waals surface area (Å²) in [5.74, 6) is -5.93. The van der Waals surface area contributed by atoms with Crippen molar-refractivity contribution in [3.05, 3.63) is 125 Å². The summed E-state index contributed by atoms with van der Waals surface area (Å²) in [5.41, 5.74) is -8.74. The van der Waals surface area contributed by atoms with E-state index in [0.29, 0.717) is 0 Å². The molecule has 3 aromatic carbocycles. The molecule has 29 heavy (non-hydrogen) atoms. The predicted molar refractivity (Wildman–Crippen MR) is 102 cm³/mol. The minimum Gasteiger partial charge on any atom is -0.229 e. The lowest BCUT2D eigenvalue weighted by molar-refractivity contribution is -0.00179. The number of benzene rings is 3. The van der Waals surface area contributed by atoms with Crippen molar-refractivity contribution < 1.29 is 22.0 Å². The molecule has 0 heterocycles. The molecule has 0 spiro atoms. The molecule has 3 aromatic rings. The van der Waals surface area contributed by atoms with E-state index >= 15 is 17.6 Å². The van der Waals surface area contributed by atoms with Crippen LogP contribution in [0.25, 0.3) is 5.57 Å². The number of halogens is 5. The molecule has 2 unspecified atom stereocenters. The summed E-state index contributed by atoms with van der Waals surface area (Å²) >= 11 is 0. The Hall–Kier alpha value is -3.21. The zero-order chi connectivity index (χ0) is 20.6. The predicted octanol–water partition coefficient (Wildman–Crippen LogP) is 7.26. The Morgan fingerprint density at radius 2 is 0.897 bits per heavy atom. The Labute approximate surface area is 164 Å². The first kappa shape index (κ1) is 19.1. The van der Waals surface area contributed by atoms with Crippen molar-refractivity contribution in [3.63, 3.8) is 0 Å². The van der Waals surface area contributed by atoms with E-state index in [1.165, 1.54) is 66.7 Å². The molecule has 0 nitrogen and oxygen atoms in total. The zero-order valence-electron chi connectivity index (χ0n) is 15.1. The highest BCUT2D eigenvalue weighted by Crippen LogP contribution is 2.63. The van der Waals surface area contributed by atoms with Crippen molar-refractivity contribution >= 4 is 5.57 Å². The molecular weight excluding hydrogens is 383 g/mol. The molecule has 0 N–H and O–H groups in total. The quantitative estimate of drug-likeness (QED) is 0.407. The van der Waals surface area contributed by atoms with E-state index in [1.807, 2.05) is 0 Å². The van der Waals surface area contributed by atoms with Gasteiger partial charge in [-0.05, 0) is 11.1 Å². The van der Waals surface area contributed by atoms with Crippen molar-refractivity contribution in [2.45, 2.75) is 11.3 Å². The molecule has 0 aliphatic heterocycles. The fraction of sp³-hybridized carbons (Fsp3) is 0.0833. The molecule has 0 amide bonds. The van der Waals surface area contributed by atoms with Crippen LogP contribution in [0, 0.1) is 0 Å². The first-order valence-corrected chi connectivity index (χ1v) is 8.93. The normalized spacial score (nSPS) is 24.7. The molecule has 1 aliphatic rings. The first-order chi connectivity index (χ1) is 13.9. The molecule has 0 saturated carbocycles. The van der Waals surface area contributed by atoms with Crippen molar-refractivity contribution in [3.8, 4) is 0 Å². The monoisotopic (exact) mass is 398 g/mol. The van der Waals surface area contributed by atoms with E-state index < -0.39 is 40.0 Å². The Morgan fingerprint density at radius 3 is 1.38 bits per heavy atom. The van der Waals surface area contributed by atoms with Gasteiger partial charge in [0.1, 0.15) is 0 Å². The Balaban J connectivity index is 2.15. The average Bonchev–Trinajstić information content (AvgIpc) is 2.78. The Kier molecular flexibility index (Phi) is 4.61. The summed E-state index contributed by atoms with van der Waals surface area (Å²) in [4.78, 5) is 0. The summed E-state index contributed by atoms with van der Waals surface area (Å²) in [5, 5.41) is 0. The Bertz CT molecular complexity index is 1090. The average molecular weight is 398 g/mol. The van der Waals surface area contributed by atoms with Gasteiger partial charge in [0.05, 0.1) is 0 Å². The van der Waals surface area contributed by atoms with Gasteiger partial charge in [0.25, 0.3) is 0 Å². The van der Waals surface area contributed by atoms with Crippen LogP contribution in [0.5, 0.6) is 0 Å². The van der Waals surface area contributed by atoms with Crippen LogP contribution in [0.2, 0.25) is 0 Å². The molecule has 5 heteroatoms. The number of hydrogen-bond acceptors (Lipinski definition) is 0. The fourth-order valence-corrected chi connectivity index (χ4v) is 3.77. The third-order valence-electron chi connectivity index (χ3n) is 5.13. The van der Waals surface area contributed by atoms with E-state index in [1.54, 1.807) is 12.1 Å². The molecule has 0 aromatic heterocycles. The van der Waals surface area contributed by atoms with Gasteiger partial charge in [0.15, 0.2) is 17.5 Å². The van der Waals surface area contributed by atoms with Gasteiger partial charge in [0.2, 0.25) is 11.3 Å². The van der Waals surface area contributed by atoms with Gasteiger partial charge in [-0.3, -0.25) is 0 Å². The first-order valence-electron chi connectivity index (χ1n) is 8.93.